The maximum Gasteiger partial charge on any atom is 0.265 e. The van der Waals surface area contributed by atoms with E-state index in [4.69, 9.17) is 12.2 Å². The van der Waals surface area contributed by atoms with Crippen molar-refractivity contribution < 1.29 is 4.79 Å². The molecule has 6 heteroatoms. The van der Waals surface area contributed by atoms with Gasteiger partial charge in [0.25, 0.3) is 5.91 Å². The number of thioether (sulfide) groups is 1. The average molecular weight is 243 g/mol. The van der Waals surface area contributed by atoms with Crippen molar-refractivity contribution >= 4 is 34.2 Å². The minimum absolute atomic E-state index is 0.0658. The number of amides is 1. The molecule has 1 N–H and O–H groups in total. The molecule has 0 spiro atoms. The Bertz CT molecular complexity index is 321. The van der Waals surface area contributed by atoms with Crippen molar-refractivity contribution in [3.8, 4) is 0 Å². The van der Waals surface area contributed by atoms with E-state index in [9.17, 15) is 4.79 Å². The Hall–Kier alpha value is -0.590. The van der Waals surface area contributed by atoms with Gasteiger partial charge in [0.2, 0.25) is 0 Å². The van der Waals surface area contributed by atoms with Gasteiger partial charge in [-0.25, -0.2) is 0 Å². The third-order valence-electron chi connectivity index (χ3n) is 2.48. The Balaban J connectivity index is 1.98. The molecule has 0 unspecified atom stereocenters. The number of rotatable bonds is 1. The number of piperazine rings is 1. The second-order valence-corrected chi connectivity index (χ2v) is 5.40. The van der Waals surface area contributed by atoms with Crippen LogP contribution in [0.15, 0.2) is 11.1 Å². The Labute approximate surface area is 98.7 Å². The summed E-state index contributed by atoms with van der Waals surface area (Å²) in [6, 6.07) is 0. The average Bonchev–Trinajstić information content (AvgIpc) is 2.49. The Morgan fingerprint density at radius 3 is 2.60 bits per heavy atom. The molecule has 0 saturated carbocycles. The molecule has 82 valence electrons. The molecule has 0 aromatic carbocycles. The van der Waals surface area contributed by atoms with Gasteiger partial charge in [0.1, 0.15) is 4.32 Å². The van der Waals surface area contributed by atoms with Gasteiger partial charge in [-0.2, -0.15) is 0 Å². The summed E-state index contributed by atoms with van der Waals surface area (Å²) < 4.78 is 0.556. The molecule has 2 heterocycles. The summed E-state index contributed by atoms with van der Waals surface area (Å²) in [7, 11) is 2.11. The molecular formula is C9H13N3OS2. The van der Waals surface area contributed by atoms with Gasteiger partial charge in [0.05, 0.1) is 4.91 Å². The Morgan fingerprint density at radius 2 is 2.07 bits per heavy atom. The first-order chi connectivity index (χ1) is 7.15. The minimum atomic E-state index is -0.0658. The van der Waals surface area contributed by atoms with E-state index in [0.717, 1.165) is 26.2 Å². The second-order valence-electron chi connectivity index (χ2n) is 3.68. The van der Waals surface area contributed by atoms with E-state index in [-0.39, 0.29) is 5.91 Å². The summed E-state index contributed by atoms with van der Waals surface area (Å²) in [5.74, 6) is -0.0658. The highest BCUT2D eigenvalue weighted by Gasteiger charge is 2.23. The molecule has 0 bridgehead atoms. The summed E-state index contributed by atoms with van der Waals surface area (Å²) in [5, 5.41) is 2.62. The van der Waals surface area contributed by atoms with Gasteiger partial charge in [0, 0.05) is 32.4 Å². The molecule has 0 aliphatic carbocycles. The number of thiocarbonyl (C=S) groups is 1. The first-order valence-corrected chi connectivity index (χ1v) is 6.05. The molecule has 2 rings (SSSR count). The number of hydrogen-bond acceptors (Lipinski definition) is 5. The molecule has 2 aliphatic rings. The second kappa shape index (κ2) is 4.51. The van der Waals surface area contributed by atoms with E-state index < -0.39 is 0 Å². The molecule has 2 saturated heterocycles. The van der Waals surface area contributed by atoms with Gasteiger partial charge in [-0.05, 0) is 7.05 Å². The van der Waals surface area contributed by atoms with Crippen molar-refractivity contribution in [2.45, 2.75) is 0 Å². The highest BCUT2D eigenvalue weighted by molar-refractivity contribution is 8.26. The van der Waals surface area contributed by atoms with E-state index in [0.29, 0.717) is 9.23 Å². The van der Waals surface area contributed by atoms with Gasteiger partial charge in [0.15, 0.2) is 0 Å². The zero-order chi connectivity index (χ0) is 10.8. The zero-order valence-electron chi connectivity index (χ0n) is 8.52. The minimum Gasteiger partial charge on any atom is -0.374 e. The summed E-state index contributed by atoms with van der Waals surface area (Å²) in [6.07, 6.45) is 1.92. The number of carbonyl (C=O) groups is 1. The normalized spacial score (nSPS) is 26.2. The van der Waals surface area contributed by atoms with Gasteiger partial charge < -0.3 is 15.1 Å². The largest absolute Gasteiger partial charge is 0.374 e. The monoisotopic (exact) mass is 243 g/mol. The molecule has 0 aromatic rings. The standard InChI is InChI=1S/C9H13N3OS2/c1-11-2-4-12(5-3-11)6-7-8(13)10-9(14)15-7/h6H,2-5H2,1H3,(H,10,13,14)/b7-6+. The topological polar surface area (TPSA) is 35.6 Å². The maximum atomic E-state index is 11.4. The fourth-order valence-electron chi connectivity index (χ4n) is 1.53. The van der Waals surface area contributed by atoms with E-state index in [2.05, 4.69) is 22.2 Å². The summed E-state index contributed by atoms with van der Waals surface area (Å²) in [6.45, 7) is 4.03. The molecule has 15 heavy (non-hydrogen) atoms. The van der Waals surface area contributed by atoms with Crippen LogP contribution in [0, 0.1) is 0 Å². The van der Waals surface area contributed by atoms with Crippen LogP contribution in [0.2, 0.25) is 0 Å². The number of hydrogen-bond donors (Lipinski definition) is 1. The van der Waals surface area contributed by atoms with Crippen molar-refractivity contribution in [2.24, 2.45) is 0 Å². The molecule has 0 radical (unpaired) electrons. The van der Waals surface area contributed by atoms with Crippen LogP contribution < -0.4 is 5.32 Å². The van der Waals surface area contributed by atoms with Crippen LogP contribution in [-0.2, 0) is 4.79 Å². The summed E-state index contributed by atoms with van der Waals surface area (Å²) in [5.41, 5.74) is 0. The first-order valence-electron chi connectivity index (χ1n) is 4.83. The van der Waals surface area contributed by atoms with Crippen molar-refractivity contribution in [1.82, 2.24) is 15.1 Å². The van der Waals surface area contributed by atoms with Crippen molar-refractivity contribution in [3.05, 3.63) is 11.1 Å². The Kier molecular flexibility index (Phi) is 3.28. The lowest BCUT2D eigenvalue weighted by molar-refractivity contribution is -0.115. The van der Waals surface area contributed by atoms with Crippen molar-refractivity contribution in [1.29, 1.82) is 0 Å². The van der Waals surface area contributed by atoms with Crippen LogP contribution in [-0.4, -0.2) is 53.3 Å². The molecule has 2 aliphatic heterocycles. The quantitative estimate of drug-likeness (QED) is 0.527. The van der Waals surface area contributed by atoms with Crippen LogP contribution in [0.25, 0.3) is 0 Å². The number of likely N-dealkylation sites (N-methyl/N-ethyl adjacent to an activating group) is 1. The fraction of sp³-hybridized carbons (Fsp3) is 0.556. The third-order valence-corrected chi connectivity index (χ3v) is 3.63. The van der Waals surface area contributed by atoms with Crippen molar-refractivity contribution in [2.75, 3.05) is 33.2 Å². The Morgan fingerprint density at radius 1 is 1.40 bits per heavy atom. The van der Waals surface area contributed by atoms with E-state index in [1.165, 1.54) is 11.8 Å². The van der Waals surface area contributed by atoms with Crippen LogP contribution >= 0.6 is 24.0 Å². The molecular weight excluding hydrogens is 230 g/mol. The lowest BCUT2D eigenvalue weighted by atomic mass is 10.3. The lowest BCUT2D eigenvalue weighted by Gasteiger charge is -2.31. The van der Waals surface area contributed by atoms with Crippen molar-refractivity contribution in [3.63, 3.8) is 0 Å². The van der Waals surface area contributed by atoms with Crippen LogP contribution in [0.1, 0.15) is 0 Å². The van der Waals surface area contributed by atoms with Gasteiger partial charge >= 0.3 is 0 Å². The van der Waals surface area contributed by atoms with Crippen LogP contribution in [0.5, 0.6) is 0 Å². The molecule has 4 nitrogen and oxygen atoms in total. The number of carbonyl (C=O) groups excluding carboxylic acids is 1. The number of nitrogens with zero attached hydrogens (tertiary/aromatic N) is 2. The highest BCUT2D eigenvalue weighted by Crippen LogP contribution is 2.23. The summed E-state index contributed by atoms with van der Waals surface area (Å²) >= 11 is 6.27. The maximum absolute atomic E-state index is 11.4. The fourth-order valence-corrected chi connectivity index (χ4v) is 2.58. The van der Waals surface area contributed by atoms with Gasteiger partial charge in [-0.1, -0.05) is 24.0 Å². The van der Waals surface area contributed by atoms with E-state index in [1.807, 2.05) is 6.20 Å². The van der Waals surface area contributed by atoms with E-state index in [1.54, 1.807) is 0 Å². The summed E-state index contributed by atoms with van der Waals surface area (Å²) in [4.78, 5) is 16.6. The van der Waals surface area contributed by atoms with Gasteiger partial charge in [-0.15, -0.1) is 0 Å². The molecule has 0 aromatic heterocycles. The first kappa shape index (κ1) is 10.9. The third kappa shape index (κ3) is 2.70. The predicted octanol–water partition coefficient (Wildman–Crippen LogP) is 0.223. The smallest absolute Gasteiger partial charge is 0.265 e. The molecule has 0 atom stereocenters. The molecule has 2 fully saturated rings. The van der Waals surface area contributed by atoms with Gasteiger partial charge in [-0.3, -0.25) is 4.79 Å². The SMILES string of the molecule is CN1CCN(/C=C2/SC(=S)NC2=O)CC1. The predicted molar refractivity (Wildman–Crippen MR) is 65.5 cm³/mol. The highest BCUT2D eigenvalue weighted by atomic mass is 32.2. The van der Waals surface area contributed by atoms with Crippen LogP contribution in [0.4, 0.5) is 0 Å². The number of nitrogens with one attached hydrogen (secondary N) is 1. The lowest BCUT2D eigenvalue weighted by Crippen LogP contribution is -2.42. The zero-order valence-corrected chi connectivity index (χ0v) is 10.2. The van der Waals surface area contributed by atoms with E-state index >= 15 is 0 Å². The van der Waals surface area contributed by atoms with Crippen LogP contribution in [0.3, 0.4) is 0 Å². The molecule has 1 amide bonds.